The number of hydrogen-bond acceptors (Lipinski definition) is 5. The predicted octanol–water partition coefficient (Wildman–Crippen LogP) is 1.61. The number of nitrogens with one attached hydrogen (secondary N) is 1. The molecule has 2 unspecified atom stereocenters. The van der Waals surface area contributed by atoms with Gasteiger partial charge in [0.25, 0.3) is 0 Å². The van der Waals surface area contributed by atoms with Crippen LogP contribution in [0.2, 0.25) is 0 Å². The number of fused-ring (bicyclic) bond motifs is 1. The van der Waals surface area contributed by atoms with E-state index < -0.39 is 11.5 Å². The summed E-state index contributed by atoms with van der Waals surface area (Å²) in [6.45, 7) is 2.70. The van der Waals surface area contributed by atoms with E-state index in [9.17, 15) is 14.7 Å². The van der Waals surface area contributed by atoms with Gasteiger partial charge in [-0.05, 0) is 29.7 Å². The van der Waals surface area contributed by atoms with E-state index in [-0.39, 0.29) is 18.1 Å². The number of aliphatic hydroxyl groups is 1. The smallest absolute Gasteiger partial charge is 0.229 e. The molecule has 2 fully saturated rings. The molecule has 2 atom stereocenters. The first-order valence-corrected chi connectivity index (χ1v) is 10.3. The van der Waals surface area contributed by atoms with E-state index in [0.717, 1.165) is 35.2 Å². The summed E-state index contributed by atoms with van der Waals surface area (Å²) in [5.41, 5.74) is 2.26. The van der Waals surface area contributed by atoms with Crippen molar-refractivity contribution in [2.24, 2.45) is 13.0 Å². The molecule has 7 nitrogen and oxygen atoms in total. The Bertz CT molecular complexity index is 1150. The molecule has 3 aromatic rings. The Morgan fingerprint density at radius 3 is 2.73 bits per heavy atom. The second kappa shape index (κ2) is 7.04. The van der Waals surface area contributed by atoms with Gasteiger partial charge in [0.1, 0.15) is 5.60 Å². The van der Waals surface area contributed by atoms with Gasteiger partial charge in [-0.15, -0.1) is 0 Å². The summed E-state index contributed by atoms with van der Waals surface area (Å²) in [6.07, 6.45) is 1.94. The molecule has 2 N–H and O–H groups in total. The van der Waals surface area contributed by atoms with Crippen molar-refractivity contribution in [3.05, 3.63) is 54.4 Å². The highest BCUT2D eigenvalue weighted by atomic mass is 16.3. The van der Waals surface area contributed by atoms with E-state index >= 15 is 0 Å². The Kier molecular flexibility index (Phi) is 4.45. The number of benzene rings is 2. The van der Waals surface area contributed by atoms with Crippen LogP contribution in [-0.4, -0.2) is 63.0 Å². The third-order valence-corrected chi connectivity index (χ3v) is 6.26. The average Bonchev–Trinajstić information content (AvgIpc) is 3.36. The highest BCUT2D eigenvalue weighted by molar-refractivity contribution is 6.12. The van der Waals surface area contributed by atoms with Crippen LogP contribution in [0.25, 0.3) is 22.2 Å². The van der Waals surface area contributed by atoms with Crippen LogP contribution >= 0.6 is 0 Å². The van der Waals surface area contributed by atoms with Gasteiger partial charge in [0.05, 0.1) is 23.3 Å². The fourth-order valence-electron chi connectivity index (χ4n) is 4.37. The zero-order valence-electron chi connectivity index (χ0n) is 16.8. The number of carbonyl (C=O) groups excluding carboxylic acids is 2. The van der Waals surface area contributed by atoms with Gasteiger partial charge in [-0.2, -0.15) is 0 Å². The molecule has 1 amide bonds. The molecule has 0 bridgehead atoms. The zero-order chi connectivity index (χ0) is 20.9. The summed E-state index contributed by atoms with van der Waals surface area (Å²) in [7, 11) is 1.94. The van der Waals surface area contributed by atoms with Gasteiger partial charge < -0.3 is 19.9 Å². The lowest BCUT2D eigenvalue weighted by Crippen LogP contribution is -2.48. The van der Waals surface area contributed by atoms with Crippen molar-refractivity contribution in [3.63, 3.8) is 0 Å². The van der Waals surface area contributed by atoms with Gasteiger partial charge in [-0.3, -0.25) is 9.59 Å². The molecule has 5 rings (SSSR count). The molecular formula is C23H24N4O3. The second-order valence-corrected chi connectivity index (χ2v) is 8.19. The van der Waals surface area contributed by atoms with E-state index in [1.165, 1.54) is 0 Å². The molecule has 1 saturated carbocycles. The molecule has 1 aromatic heterocycles. The van der Waals surface area contributed by atoms with Crippen LogP contribution in [0.4, 0.5) is 0 Å². The summed E-state index contributed by atoms with van der Waals surface area (Å²) < 4.78 is 1.94. The Morgan fingerprint density at radius 2 is 1.93 bits per heavy atom. The molecule has 1 saturated heterocycles. The fourth-order valence-corrected chi connectivity index (χ4v) is 4.37. The number of aryl methyl sites for hydroxylation is 1. The van der Waals surface area contributed by atoms with Crippen molar-refractivity contribution in [2.45, 2.75) is 12.0 Å². The highest BCUT2D eigenvalue weighted by Gasteiger charge is 2.63. The molecular weight excluding hydrogens is 380 g/mol. The summed E-state index contributed by atoms with van der Waals surface area (Å²) in [5, 5.41) is 14.2. The van der Waals surface area contributed by atoms with Gasteiger partial charge in [-0.25, -0.2) is 4.98 Å². The number of rotatable bonds is 4. The number of imidazole rings is 1. The number of amides is 1. The normalized spacial score (nSPS) is 23.5. The van der Waals surface area contributed by atoms with Gasteiger partial charge in [-0.1, -0.05) is 30.3 Å². The van der Waals surface area contributed by atoms with Crippen molar-refractivity contribution in [2.75, 3.05) is 26.2 Å². The molecule has 2 aromatic carbocycles. The Balaban J connectivity index is 1.45. The number of piperazine rings is 1. The van der Waals surface area contributed by atoms with Gasteiger partial charge in [0.15, 0.2) is 5.78 Å². The van der Waals surface area contributed by atoms with E-state index in [1.54, 1.807) is 23.4 Å². The highest BCUT2D eigenvalue weighted by Crippen LogP contribution is 2.48. The third-order valence-electron chi connectivity index (χ3n) is 6.26. The molecule has 2 aliphatic rings. The topological polar surface area (TPSA) is 87.5 Å². The maximum absolute atomic E-state index is 13.3. The van der Waals surface area contributed by atoms with Crippen molar-refractivity contribution in [3.8, 4) is 11.1 Å². The molecule has 154 valence electrons. The number of nitrogens with zero attached hydrogens (tertiary/aromatic N) is 3. The van der Waals surface area contributed by atoms with Crippen molar-refractivity contribution in [1.82, 2.24) is 19.8 Å². The number of Topliss-reactive ketones (excluding diaryl/α,β-unsaturated/α-hetero) is 1. The van der Waals surface area contributed by atoms with Crippen LogP contribution in [0.15, 0.2) is 48.8 Å². The number of hydrogen-bond donors (Lipinski definition) is 2. The minimum atomic E-state index is -1.62. The third kappa shape index (κ3) is 3.02. The minimum Gasteiger partial charge on any atom is -0.381 e. The number of ketones is 1. The summed E-state index contributed by atoms with van der Waals surface area (Å²) >= 11 is 0. The molecule has 2 heterocycles. The van der Waals surface area contributed by atoms with Crippen molar-refractivity contribution in [1.29, 1.82) is 0 Å². The molecule has 30 heavy (non-hydrogen) atoms. The monoisotopic (exact) mass is 404 g/mol. The largest absolute Gasteiger partial charge is 0.381 e. The SMILES string of the molecule is Cn1cnc2cc(-c3ccccc3C(=O)C3(O)CC3C(=O)N3CCNCC3)ccc21. The van der Waals surface area contributed by atoms with E-state index in [1.807, 2.05) is 41.9 Å². The van der Waals surface area contributed by atoms with Crippen LogP contribution in [0, 0.1) is 5.92 Å². The first-order chi connectivity index (χ1) is 14.5. The Hall–Kier alpha value is -3.03. The number of aromatic nitrogens is 2. The van der Waals surface area contributed by atoms with Gasteiger partial charge in [0.2, 0.25) is 5.91 Å². The molecule has 1 aliphatic carbocycles. The lowest BCUT2D eigenvalue weighted by atomic mass is 9.93. The predicted molar refractivity (Wildman–Crippen MR) is 113 cm³/mol. The summed E-state index contributed by atoms with van der Waals surface area (Å²) in [6, 6.07) is 13.1. The molecule has 7 heteroatoms. The standard InChI is InChI=1S/C23H24N4O3/c1-26-14-25-19-12-15(6-7-20(19)26)16-4-2-3-5-17(16)21(28)23(30)13-18(23)22(29)27-10-8-24-9-11-27/h2-7,12,14,18,24,30H,8-11,13H2,1H3. The van der Waals surface area contributed by atoms with Crippen LogP contribution in [0.3, 0.4) is 0 Å². The fraction of sp³-hybridized carbons (Fsp3) is 0.348. The molecule has 0 radical (unpaired) electrons. The quantitative estimate of drug-likeness (QED) is 0.645. The summed E-state index contributed by atoms with van der Waals surface area (Å²) in [5.74, 6) is -1.16. The number of carbonyl (C=O) groups is 2. The van der Waals surface area contributed by atoms with E-state index in [4.69, 9.17) is 0 Å². The minimum absolute atomic E-state index is 0.125. The summed E-state index contributed by atoms with van der Waals surface area (Å²) in [4.78, 5) is 32.3. The maximum atomic E-state index is 13.3. The van der Waals surface area contributed by atoms with Gasteiger partial charge in [0, 0.05) is 38.8 Å². The van der Waals surface area contributed by atoms with E-state index in [0.29, 0.717) is 18.7 Å². The van der Waals surface area contributed by atoms with E-state index in [2.05, 4.69) is 10.3 Å². The molecule has 0 spiro atoms. The first-order valence-electron chi connectivity index (χ1n) is 10.3. The van der Waals surface area contributed by atoms with Crippen LogP contribution in [-0.2, 0) is 11.8 Å². The zero-order valence-corrected chi connectivity index (χ0v) is 16.8. The first kappa shape index (κ1) is 19.0. The average molecular weight is 404 g/mol. The van der Waals surface area contributed by atoms with Crippen LogP contribution < -0.4 is 5.32 Å². The second-order valence-electron chi connectivity index (χ2n) is 8.19. The lowest BCUT2D eigenvalue weighted by Gasteiger charge is -2.28. The van der Waals surface area contributed by atoms with Gasteiger partial charge >= 0.3 is 0 Å². The molecule has 1 aliphatic heterocycles. The van der Waals surface area contributed by atoms with Crippen LogP contribution in [0.1, 0.15) is 16.8 Å². The van der Waals surface area contributed by atoms with Crippen molar-refractivity contribution >= 4 is 22.7 Å². The Labute approximate surface area is 174 Å². The maximum Gasteiger partial charge on any atom is 0.229 e. The lowest BCUT2D eigenvalue weighted by molar-refractivity contribution is -0.134. The Morgan fingerprint density at radius 1 is 1.17 bits per heavy atom. The van der Waals surface area contributed by atoms with Crippen molar-refractivity contribution < 1.29 is 14.7 Å². The van der Waals surface area contributed by atoms with Crippen LogP contribution in [0.5, 0.6) is 0 Å².